The van der Waals surface area contributed by atoms with E-state index in [9.17, 15) is 14.4 Å². The molecule has 12 heteroatoms. The summed E-state index contributed by atoms with van der Waals surface area (Å²) < 4.78 is 13.4. The first-order valence-corrected chi connectivity index (χ1v) is 14.0. The summed E-state index contributed by atoms with van der Waals surface area (Å²) in [4.78, 5) is 38.4. The van der Waals surface area contributed by atoms with E-state index in [2.05, 4.69) is 32.6 Å². The van der Waals surface area contributed by atoms with Crippen LogP contribution in [0.2, 0.25) is 0 Å². The van der Waals surface area contributed by atoms with Crippen LogP contribution in [0.25, 0.3) is 28.2 Å². The Balaban J connectivity index is 1.46. The molecule has 43 heavy (non-hydrogen) atoms. The Labute approximate surface area is 247 Å². The van der Waals surface area contributed by atoms with Gasteiger partial charge < -0.3 is 14.0 Å². The number of tetrazole rings is 1. The van der Waals surface area contributed by atoms with Crippen LogP contribution in [0, 0.1) is 5.41 Å². The second kappa shape index (κ2) is 12.4. The summed E-state index contributed by atoms with van der Waals surface area (Å²) in [5, 5.41) is 18.6. The fourth-order valence-corrected chi connectivity index (χ4v) is 4.63. The van der Waals surface area contributed by atoms with Crippen molar-refractivity contribution < 1.29 is 19.1 Å². The number of fused-ring (bicyclic) bond motifs is 1. The molecule has 0 bridgehead atoms. The third kappa shape index (κ3) is 6.37. The normalized spacial score (nSPS) is 11.5. The van der Waals surface area contributed by atoms with Crippen molar-refractivity contribution >= 4 is 17.6 Å². The first kappa shape index (κ1) is 29.4. The highest BCUT2D eigenvalue weighted by atomic mass is 16.7. The fraction of sp³-hybridized carbons (Fsp3) is 0.323. The van der Waals surface area contributed by atoms with Crippen LogP contribution in [0.4, 0.5) is 0 Å². The summed E-state index contributed by atoms with van der Waals surface area (Å²) >= 11 is 0. The average molecular weight is 584 g/mol. The molecule has 0 amide bonds. The molecule has 0 aliphatic rings. The lowest BCUT2D eigenvalue weighted by Crippen LogP contribution is -2.25. The van der Waals surface area contributed by atoms with Crippen LogP contribution in [0.5, 0.6) is 0 Å². The highest BCUT2D eigenvalue weighted by molar-refractivity contribution is 5.95. The molecule has 0 aliphatic heterocycles. The molecule has 3 aromatic heterocycles. The van der Waals surface area contributed by atoms with E-state index < -0.39 is 24.1 Å². The molecule has 222 valence electrons. The maximum Gasteiger partial charge on any atom is 0.346 e. The number of aryl methyl sites for hydroxylation is 1. The Kier molecular flexibility index (Phi) is 8.46. The van der Waals surface area contributed by atoms with Crippen LogP contribution in [-0.4, -0.2) is 53.5 Å². The molecule has 0 spiro atoms. The molecular formula is C31H33N7O5. The Hall–Kier alpha value is -5.13. The van der Waals surface area contributed by atoms with Gasteiger partial charge in [0.05, 0.1) is 11.6 Å². The zero-order valence-corrected chi connectivity index (χ0v) is 24.5. The number of aromatic amines is 1. The number of unbranched alkanes of at least 4 members (excludes halogenated alkanes) is 1. The molecule has 1 N–H and O–H groups in total. The topological polar surface area (TPSA) is 146 Å². The van der Waals surface area contributed by atoms with Crippen molar-refractivity contribution in [2.45, 2.75) is 53.5 Å². The number of hydrogen-bond acceptors (Lipinski definition) is 9. The van der Waals surface area contributed by atoms with Crippen molar-refractivity contribution in [1.82, 2.24) is 34.8 Å². The Morgan fingerprint density at radius 3 is 2.42 bits per heavy atom. The molecule has 3 heterocycles. The number of benzene rings is 2. The largest absolute Gasteiger partial charge is 0.427 e. The number of carbonyl (C=O) groups is 2. The highest BCUT2D eigenvalue weighted by Crippen LogP contribution is 2.30. The number of aromatic nitrogens is 7. The standard InChI is InChI=1S/C31H33N7O5/c1-5-6-9-22-18-37(27-25(16-32-38(27)28(22)39)29(40)42-19-43-30(41)31(2,3)4)17-20-12-14-21(15-13-20)23-10-7-8-11-24(23)26-33-35-36-34-26/h7-8,10-16,18H,5-6,9,17,19H2,1-4H3,(H,33,34,35,36). The van der Waals surface area contributed by atoms with Gasteiger partial charge in [-0.1, -0.05) is 61.9 Å². The molecule has 2 aromatic carbocycles. The predicted octanol–water partition coefficient (Wildman–Crippen LogP) is 4.44. The highest BCUT2D eigenvalue weighted by Gasteiger charge is 2.25. The van der Waals surface area contributed by atoms with Crippen molar-refractivity contribution in [3.05, 3.63) is 88.0 Å². The van der Waals surface area contributed by atoms with Crippen molar-refractivity contribution in [2.24, 2.45) is 5.41 Å². The number of nitrogens with zero attached hydrogens (tertiary/aromatic N) is 6. The van der Waals surface area contributed by atoms with Gasteiger partial charge in [0.25, 0.3) is 5.56 Å². The second-order valence-electron chi connectivity index (χ2n) is 11.2. The lowest BCUT2D eigenvalue weighted by Gasteiger charge is -2.16. The van der Waals surface area contributed by atoms with E-state index >= 15 is 0 Å². The third-order valence-electron chi connectivity index (χ3n) is 6.94. The van der Waals surface area contributed by atoms with Gasteiger partial charge in [0.1, 0.15) is 5.56 Å². The molecule has 5 rings (SSSR count). The van der Waals surface area contributed by atoms with Gasteiger partial charge in [-0.25, -0.2) is 4.79 Å². The van der Waals surface area contributed by atoms with Crippen LogP contribution in [0.3, 0.4) is 0 Å². The zero-order valence-electron chi connectivity index (χ0n) is 24.5. The monoisotopic (exact) mass is 583 g/mol. The van der Waals surface area contributed by atoms with Gasteiger partial charge in [0.15, 0.2) is 5.65 Å². The summed E-state index contributed by atoms with van der Waals surface area (Å²) in [6.07, 6.45) is 5.44. The zero-order chi connectivity index (χ0) is 30.6. The van der Waals surface area contributed by atoms with E-state index in [4.69, 9.17) is 9.47 Å². The number of hydrogen-bond donors (Lipinski definition) is 1. The number of rotatable bonds is 10. The summed E-state index contributed by atoms with van der Waals surface area (Å²) in [6, 6.07) is 15.8. The summed E-state index contributed by atoms with van der Waals surface area (Å²) in [5.74, 6) is -0.746. The van der Waals surface area contributed by atoms with Gasteiger partial charge in [-0.2, -0.15) is 14.8 Å². The van der Waals surface area contributed by atoms with Crippen LogP contribution in [0.15, 0.2) is 65.7 Å². The molecule has 0 saturated carbocycles. The minimum atomic E-state index is -0.750. The number of carbonyl (C=O) groups excluding carboxylic acids is 2. The second-order valence-corrected chi connectivity index (χ2v) is 11.2. The first-order chi connectivity index (χ1) is 20.7. The molecule has 5 aromatic rings. The van der Waals surface area contributed by atoms with Gasteiger partial charge in [-0.15, -0.1) is 10.2 Å². The van der Waals surface area contributed by atoms with Gasteiger partial charge in [0.2, 0.25) is 12.6 Å². The van der Waals surface area contributed by atoms with E-state index in [-0.39, 0.29) is 11.1 Å². The minimum Gasteiger partial charge on any atom is -0.427 e. The molecular weight excluding hydrogens is 550 g/mol. The predicted molar refractivity (Wildman–Crippen MR) is 158 cm³/mol. The lowest BCUT2D eigenvalue weighted by atomic mass is 9.98. The quantitative estimate of drug-likeness (QED) is 0.186. The van der Waals surface area contributed by atoms with Gasteiger partial charge in [0, 0.05) is 23.9 Å². The smallest absolute Gasteiger partial charge is 0.346 e. The molecule has 0 atom stereocenters. The average Bonchev–Trinajstić information content (AvgIpc) is 3.69. The summed E-state index contributed by atoms with van der Waals surface area (Å²) in [7, 11) is 0. The number of esters is 2. The Bertz CT molecular complexity index is 1800. The third-order valence-corrected chi connectivity index (χ3v) is 6.94. The molecule has 0 saturated heterocycles. The number of H-pyrrole nitrogens is 1. The van der Waals surface area contributed by atoms with Crippen molar-refractivity contribution in [3.8, 4) is 22.5 Å². The molecule has 0 unspecified atom stereocenters. The number of nitrogens with one attached hydrogen (secondary N) is 1. The Morgan fingerprint density at radius 2 is 1.74 bits per heavy atom. The van der Waals surface area contributed by atoms with Crippen LogP contribution < -0.4 is 5.56 Å². The first-order valence-electron chi connectivity index (χ1n) is 14.0. The Morgan fingerprint density at radius 1 is 1.00 bits per heavy atom. The summed E-state index contributed by atoms with van der Waals surface area (Å²) in [5.41, 5.74) is 3.67. The van der Waals surface area contributed by atoms with Gasteiger partial charge in [-0.05, 0) is 55.5 Å². The maximum absolute atomic E-state index is 13.3. The maximum atomic E-state index is 13.3. The minimum absolute atomic E-state index is 0.0941. The molecule has 0 aliphatic carbocycles. The molecule has 0 radical (unpaired) electrons. The van der Waals surface area contributed by atoms with Crippen LogP contribution in [-0.2, 0) is 27.2 Å². The lowest BCUT2D eigenvalue weighted by molar-refractivity contribution is -0.161. The van der Waals surface area contributed by atoms with E-state index in [1.54, 1.807) is 27.0 Å². The van der Waals surface area contributed by atoms with Crippen molar-refractivity contribution in [2.75, 3.05) is 6.79 Å². The van der Waals surface area contributed by atoms with Crippen LogP contribution in [0.1, 0.15) is 62.0 Å². The fourth-order valence-electron chi connectivity index (χ4n) is 4.63. The van der Waals surface area contributed by atoms with Crippen molar-refractivity contribution in [1.29, 1.82) is 0 Å². The van der Waals surface area contributed by atoms with E-state index in [0.29, 0.717) is 30.0 Å². The molecule has 12 nitrogen and oxygen atoms in total. The van der Waals surface area contributed by atoms with Gasteiger partial charge >= 0.3 is 11.9 Å². The molecule has 0 fully saturated rings. The number of ether oxygens (including phenoxy) is 2. The van der Waals surface area contributed by atoms with E-state index in [1.165, 1.54) is 10.7 Å². The van der Waals surface area contributed by atoms with Crippen molar-refractivity contribution in [3.63, 3.8) is 0 Å². The SMILES string of the molecule is CCCCc1cn(Cc2ccc(-c3ccccc3-c3nn[nH]n3)cc2)c2c(C(=O)OCOC(=O)C(C)(C)C)cnn2c1=O. The van der Waals surface area contributed by atoms with E-state index in [0.717, 1.165) is 35.1 Å². The van der Waals surface area contributed by atoms with Gasteiger partial charge in [-0.3, -0.25) is 9.59 Å². The van der Waals surface area contributed by atoms with Crippen LogP contribution >= 0.6 is 0 Å². The summed E-state index contributed by atoms with van der Waals surface area (Å²) in [6.45, 7) is 6.99. The van der Waals surface area contributed by atoms with E-state index in [1.807, 2.05) is 53.1 Å².